The number of hydrogen-bond acceptors (Lipinski definition) is 7. The topological polar surface area (TPSA) is 57.2 Å². The van der Waals surface area contributed by atoms with Crippen molar-refractivity contribution in [2.75, 3.05) is 53.8 Å². The van der Waals surface area contributed by atoms with E-state index in [0.29, 0.717) is 12.0 Å². The number of hydrogen-bond donors (Lipinski definition) is 1. The molecule has 1 atom stereocenters. The van der Waals surface area contributed by atoms with E-state index >= 15 is 0 Å². The van der Waals surface area contributed by atoms with Crippen molar-refractivity contribution in [3.63, 3.8) is 0 Å². The van der Waals surface area contributed by atoms with Gasteiger partial charge in [-0.3, -0.25) is 0 Å². The lowest BCUT2D eigenvalue weighted by atomic mass is 10.3. The van der Waals surface area contributed by atoms with Crippen molar-refractivity contribution < 1.29 is 0 Å². The minimum atomic E-state index is 0.376. The van der Waals surface area contributed by atoms with Crippen molar-refractivity contribution in [3.05, 3.63) is 0 Å². The lowest BCUT2D eigenvalue weighted by Gasteiger charge is -2.26. The number of rotatable bonds is 9. The van der Waals surface area contributed by atoms with Gasteiger partial charge in [0.2, 0.25) is 17.8 Å². The van der Waals surface area contributed by atoms with E-state index in [1.165, 1.54) is 0 Å². The van der Waals surface area contributed by atoms with Gasteiger partial charge >= 0.3 is 0 Å². The summed E-state index contributed by atoms with van der Waals surface area (Å²) in [6.45, 7) is 11.0. The highest BCUT2D eigenvalue weighted by atomic mass is 32.2. The van der Waals surface area contributed by atoms with Gasteiger partial charge in [-0.05, 0) is 34.0 Å². The van der Waals surface area contributed by atoms with Crippen LogP contribution in [0.1, 0.15) is 27.7 Å². The number of anilines is 3. The average Bonchev–Trinajstić information content (AvgIpc) is 2.48. The number of nitrogens with one attached hydrogen (secondary N) is 1. The van der Waals surface area contributed by atoms with E-state index in [-0.39, 0.29) is 0 Å². The molecule has 120 valence electrons. The van der Waals surface area contributed by atoms with Crippen LogP contribution in [0.5, 0.6) is 0 Å². The molecular formula is C14H28N6S. The summed E-state index contributed by atoms with van der Waals surface area (Å²) in [5.41, 5.74) is 0. The molecule has 0 bridgehead atoms. The van der Waals surface area contributed by atoms with E-state index in [1.54, 1.807) is 0 Å². The summed E-state index contributed by atoms with van der Waals surface area (Å²) in [5, 5.41) is 3.20. The van der Waals surface area contributed by atoms with Crippen LogP contribution in [0.15, 0.2) is 0 Å². The Morgan fingerprint density at radius 1 is 1.10 bits per heavy atom. The zero-order valence-electron chi connectivity index (χ0n) is 14.1. The van der Waals surface area contributed by atoms with Gasteiger partial charge in [-0.15, -0.1) is 0 Å². The standard InChI is InChI=1S/C14H28N6S/c1-7-15-12-16-13(19(5)11(4)10-21-6)18-14(17-12)20(8-2)9-3/h11H,7-10H2,1-6H3,(H,15,16,17,18). The minimum absolute atomic E-state index is 0.376. The Bertz CT molecular complexity index is 424. The average molecular weight is 312 g/mol. The Balaban J connectivity index is 3.12. The molecule has 0 fully saturated rings. The predicted molar refractivity (Wildman–Crippen MR) is 93.8 cm³/mol. The molecule has 0 aliphatic rings. The van der Waals surface area contributed by atoms with Crippen LogP contribution in [-0.2, 0) is 0 Å². The van der Waals surface area contributed by atoms with Gasteiger partial charge in [0.05, 0.1) is 0 Å². The molecule has 0 aromatic carbocycles. The fourth-order valence-electron chi connectivity index (χ4n) is 1.95. The lowest BCUT2D eigenvalue weighted by Crippen LogP contribution is -2.34. The molecule has 1 N–H and O–H groups in total. The fraction of sp³-hybridized carbons (Fsp3) is 0.786. The highest BCUT2D eigenvalue weighted by Gasteiger charge is 2.17. The zero-order chi connectivity index (χ0) is 15.8. The molecule has 21 heavy (non-hydrogen) atoms. The summed E-state index contributed by atoms with van der Waals surface area (Å²) < 4.78 is 0. The van der Waals surface area contributed by atoms with E-state index in [4.69, 9.17) is 0 Å². The van der Waals surface area contributed by atoms with Gasteiger partial charge in [0.1, 0.15) is 0 Å². The normalized spacial score (nSPS) is 12.1. The van der Waals surface area contributed by atoms with Gasteiger partial charge in [0, 0.05) is 38.5 Å². The predicted octanol–water partition coefficient (Wildman–Crippen LogP) is 2.34. The van der Waals surface area contributed by atoms with Crippen LogP contribution in [0.25, 0.3) is 0 Å². The van der Waals surface area contributed by atoms with Crippen LogP contribution in [0.3, 0.4) is 0 Å². The minimum Gasteiger partial charge on any atom is -0.354 e. The molecule has 0 saturated carbocycles. The molecule has 0 aliphatic heterocycles. The molecule has 0 saturated heterocycles. The second-order valence-electron chi connectivity index (χ2n) is 4.88. The molecule has 1 aromatic heterocycles. The van der Waals surface area contributed by atoms with E-state index in [1.807, 2.05) is 25.7 Å². The van der Waals surface area contributed by atoms with Crippen LogP contribution >= 0.6 is 11.8 Å². The van der Waals surface area contributed by atoms with Gasteiger partial charge in [-0.25, -0.2) is 0 Å². The largest absolute Gasteiger partial charge is 0.354 e. The van der Waals surface area contributed by atoms with E-state index < -0.39 is 0 Å². The van der Waals surface area contributed by atoms with Gasteiger partial charge in [0.15, 0.2) is 0 Å². The summed E-state index contributed by atoms with van der Waals surface area (Å²) in [4.78, 5) is 17.9. The maximum Gasteiger partial charge on any atom is 0.231 e. The first-order valence-electron chi connectivity index (χ1n) is 7.53. The third-order valence-electron chi connectivity index (χ3n) is 3.38. The van der Waals surface area contributed by atoms with Gasteiger partial charge in [-0.1, -0.05) is 0 Å². The maximum absolute atomic E-state index is 4.64. The molecule has 1 rings (SSSR count). The number of nitrogens with zero attached hydrogens (tertiary/aromatic N) is 5. The number of thioether (sulfide) groups is 1. The van der Waals surface area contributed by atoms with Gasteiger partial charge in [0.25, 0.3) is 0 Å². The Kier molecular flexibility index (Phi) is 7.56. The summed E-state index contributed by atoms with van der Waals surface area (Å²) in [7, 11) is 2.04. The highest BCUT2D eigenvalue weighted by molar-refractivity contribution is 7.98. The second-order valence-corrected chi connectivity index (χ2v) is 5.79. The Hall–Kier alpha value is -1.24. The van der Waals surface area contributed by atoms with Crippen molar-refractivity contribution in [2.45, 2.75) is 33.7 Å². The SMILES string of the molecule is CCNc1nc(N(CC)CC)nc(N(C)C(C)CSC)n1. The van der Waals surface area contributed by atoms with Crippen molar-refractivity contribution in [1.29, 1.82) is 0 Å². The van der Waals surface area contributed by atoms with E-state index in [0.717, 1.165) is 37.3 Å². The van der Waals surface area contributed by atoms with Crippen LogP contribution < -0.4 is 15.1 Å². The van der Waals surface area contributed by atoms with E-state index in [9.17, 15) is 0 Å². The van der Waals surface area contributed by atoms with Crippen molar-refractivity contribution in [1.82, 2.24) is 15.0 Å². The molecule has 1 aromatic rings. The molecule has 1 heterocycles. The fourth-order valence-corrected chi connectivity index (χ4v) is 2.65. The molecule has 0 radical (unpaired) electrons. The first kappa shape index (κ1) is 17.8. The van der Waals surface area contributed by atoms with E-state index in [2.05, 4.69) is 57.1 Å². The third-order valence-corrected chi connectivity index (χ3v) is 4.19. The van der Waals surface area contributed by atoms with Crippen LogP contribution in [0.2, 0.25) is 0 Å². The molecule has 0 spiro atoms. The van der Waals surface area contributed by atoms with Crippen molar-refractivity contribution in [2.24, 2.45) is 0 Å². The Morgan fingerprint density at radius 3 is 2.24 bits per heavy atom. The number of aromatic nitrogens is 3. The highest BCUT2D eigenvalue weighted by Crippen LogP contribution is 2.18. The Morgan fingerprint density at radius 2 is 1.71 bits per heavy atom. The monoisotopic (exact) mass is 312 g/mol. The first-order valence-corrected chi connectivity index (χ1v) is 8.93. The van der Waals surface area contributed by atoms with Gasteiger partial charge < -0.3 is 15.1 Å². The second kappa shape index (κ2) is 8.92. The third kappa shape index (κ3) is 4.91. The molecular weight excluding hydrogens is 284 g/mol. The summed E-state index contributed by atoms with van der Waals surface area (Å²) in [6, 6.07) is 0.376. The van der Waals surface area contributed by atoms with Crippen LogP contribution in [0.4, 0.5) is 17.8 Å². The van der Waals surface area contributed by atoms with Crippen LogP contribution in [-0.4, -0.2) is 59.7 Å². The summed E-state index contributed by atoms with van der Waals surface area (Å²) in [5.74, 6) is 3.15. The zero-order valence-corrected chi connectivity index (χ0v) is 14.9. The maximum atomic E-state index is 4.64. The quantitative estimate of drug-likeness (QED) is 0.751. The molecule has 0 aliphatic carbocycles. The molecule has 1 unspecified atom stereocenters. The molecule has 0 amide bonds. The van der Waals surface area contributed by atoms with Crippen molar-refractivity contribution >= 4 is 29.6 Å². The van der Waals surface area contributed by atoms with Crippen molar-refractivity contribution in [3.8, 4) is 0 Å². The van der Waals surface area contributed by atoms with Gasteiger partial charge in [-0.2, -0.15) is 26.7 Å². The Labute approximate surface area is 132 Å². The van der Waals surface area contributed by atoms with Crippen LogP contribution in [0, 0.1) is 0 Å². The smallest absolute Gasteiger partial charge is 0.231 e. The molecule has 7 heteroatoms. The lowest BCUT2D eigenvalue weighted by molar-refractivity contribution is 0.726. The summed E-state index contributed by atoms with van der Waals surface area (Å²) >= 11 is 1.83. The first-order chi connectivity index (χ1) is 10.1. The summed E-state index contributed by atoms with van der Waals surface area (Å²) in [6.07, 6.45) is 2.11. The molecule has 6 nitrogen and oxygen atoms in total.